The predicted octanol–water partition coefficient (Wildman–Crippen LogP) is 4.20. The van der Waals surface area contributed by atoms with Gasteiger partial charge in [0.15, 0.2) is 11.6 Å². The van der Waals surface area contributed by atoms with Crippen molar-refractivity contribution in [3.63, 3.8) is 0 Å². The van der Waals surface area contributed by atoms with Gasteiger partial charge >= 0.3 is 6.03 Å². The maximum Gasteiger partial charge on any atom is 0.319 e. The predicted molar refractivity (Wildman–Crippen MR) is 213 cm³/mol. The van der Waals surface area contributed by atoms with Crippen molar-refractivity contribution < 1.29 is 33.6 Å². The zero-order valence-electron chi connectivity index (χ0n) is 32.7. The molecule has 4 heterocycles. The Morgan fingerprint density at radius 3 is 2.36 bits per heavy atom. The third-order valence-electron chi connectivity index (χ3n) is 10.8. The van der Waals surface area contributed by atoms with Crippen LogP contribution in [-0.4, -0.2) is 99.5 Å². The molecule has 1 aromatic heterocycles. The van der Waals surface area contributed by atoms with Gasteiger partial charge in [-0.1, -0.05) is 48.5 Å². The fourth-order valence-electron chi connectivity index (χ4n) is 7.72. The van der Waals surface area contributed by atoms with Gasteiger partial charge in [-0.3, -0.25) is 44.1 Å². The van der Waals surface area contributed by atoms with E-state index in [1.54, 1.807) is 41.3 Å². The summed E-state index contributed by atoms with van der Waals surface area (Å²) in [6, 6.07) is 19.4. The van der Waals surface area contributed by atoms with Crippen LogP contribution in [0.4, 0.5) is 16.3 Å². The molecule has 7 rings (SSSR count). The summed E-state index contributed by atoms with van der Waals surface area (Å²) in [5.74, 6) is -2.58. The maximum absolute atomic E-state index is 13.7. The second-order valence-corrected chi connectivity index (χ2v) is 15.4. The first-order chi connectivity index (χ1) is 27.7. The molecule has 0 bridgehead atoms. The lowest BCUT2D eigenvalue weighted by molar-refractivity contribution is -0.136. The number of ketones is 1. The van der Waals surface area contributed by atoms with E-state index in [-0.39, 0.29) is 54.8 Å². The molecule has 7 amide bonds. The highest BCUT2D eigenvalue weighted by atomic mass is 16.2. The first kappa shape index (κ1) is 39.6. The Morgan fingerprint density at radius 1 is 0.931 bits per heavy atom. The maximum atomic E-state index is 13.7. The molecule has 5 N–H and O–H groups in total. The molecule has 0 radical (unpaired) electrons. The van der Waals surface area contributed by atoms with Crippen LogP contribution in [0.3, 0.4) is 0 Å². The fourth-order valence-corrected chi connectivity index (χ4v) is 7.72. The van der Waals surface area contributed by atoms with Crippen LogP contribution in [0.2, 0.25) is 0 Å². The third kappa shape index (κ3) is 7.70. The summed E-state index contributed by atoms with van der Waals surface area (Å²) in [4.78, 5) is 95.3. The molecule has 0 aliphatic carbocycles. The number of fused-ring (bicyclic) bond motifs is 2. The Hall–Kier alpha value is -6.68. The van der Waals surface area contributed by atoms with Crippen LogP contribution in [0.5, 0.6) is 0 Å². The monoisotopic (exact) mass is 787 g/mol. The summed E-state index contributed by atoms with van der Waals surface area (Å²) in [6.45, 7) is 5.00. The first-order valence-corrected chi connectivity index (χ1v) is 19.1. The number of likely N-dealkylation sites (N-methyl/N-ethyl adjacent to an activating group) is 1. The molecule has 3 aromatic carbocycles. The number of nitrogens with one attached hydrogen (secondary N) is 5. The highest BCUT2D eigenvalue weighted by Gasteiger charge is 2.46. The smallest absolute Gasteiger partial charge is 0.319 e. The molecule has 300 valence electrons. The van der Waals surface area contributed by atoms with Gasteiger partial charge in [0, 0.05) is 48.3 Å². The summed E-state index contributed by atoms with van der Waals surface area (Å²) in [5, 5.41) is 18.8. The van der Waals surface area contributed by atoms with Crippen LogP contribution >= 0.6 is 0 Å². The van der Waals surface area contributed by atoms with Crippen LogP contribution in [0, 0.1) is 0 Å². The number of carbonyl (C=O) groups excluding carboxylic acids is 7. The standard InChI is InChI=1S/C42H45N9O7/c1-42(2)35-28(22-50(42)41(58)44-30(23-49(3)4)24-10-6-5-7-11-24)36(48-47-35)46-37(54)26-17-15-25(16-18-26)32(52)14-9-21-43-29-13-8-12-27-34(29)40(57)51(39(27)56)31-19-20-33(53)45-38(31)55/h5-8,10-13,15-18,30-31,43H,9,14,19-23H2,1-4H3,(H,44,58)(H,45,53,55)(H2,46,47,48,54)/t30-,31?/m1/s1. The van der Waals surface area contributed by atoms with Gasteiger partial charge < -0.3 is 25.8 Å². The number of Topliss-reactive ketones (excluding diaryl/α,β-unsaturated/α-hetero) is 1. The van der Waals surface area contributed by atoms with Gasteiger partial charge in [0.2, 0.25) is 11.8 Å². The molecule has 0 saturated carbocycles. The molecule has 58 heavy (non-hydrogen) atoms. The Balaban J connectivity index is 0.923. The van der Waals surface area contributed by atoms with E-state index in [1.807, 2.05) is 63.2 Å². The van der Waals surface area contributed by atoms with Gasteiger partial charge in [0.1, 0.15) is 6.04 Å². The fraction of sp³-hybridized carbons (Fsp3) is 0.333. The number of urea groups is 1. The third-order valence-corrected chi connectivity index (χ3v) is 10.8. The molecule has 3 aliphatic heterocycles. The first-order valence-electron chi connectivity index (χ1n) is 19.1. The van der Waals surface area contributed by atoms with Crippen molar-refractivity contribution >= 4 is 52.9 Å². The summed E-state index contributed by atoms with van der Waals surface area (Å²) in [6.07, 6.45) is 0.664. The molecule has 1 unspecified atom stereocenters. The number of nitrogens with zero attached hydrogens (tertiary/aromatic N) is 4. The van der Waals surface area contributed by atoms with Gasteiger partial charge in [0.25, 0.3) is 17.7 Å². The zero-order chi connectivity index (χ0) is 41.3. The number of H-pyrrole nitrogens is 1. The minimum atomic E-state index is -1.07. The number of aromatic nitrogens is 2. The molecular weight excluding hydrogens is 743 g/mol. The minimum Gasteiger partial charge on any atom is -0.384 e. The average molecular weight is 788 g/mol. The summed E-state index contributed by atoms with van der Waals surface area (Å²) >= 11 is 0. The van der Waals surface area contributed by atoms with E-state index >= 15 is 0 Å². The molecule has 0 spiro atoms. The Labute approximate surface area is 334 Å². The van der Waals surface area contributed by atoms with Gasteiger partial charge in [-0.05, 0) is 70.6 Å². The van der Waals surface area contributed by atoms with E-state index in [2.05, 4.69) is 31.5 Å². The number of piperidine rings is 1. The van der Waals surface area contributed by atoms with E-state index in [0.717, 1.165) is 16.2 Å². The topological polar surface area (TPSA) is 206 Å². The molecule has 16 nitrogen and oxygen atoms in total. The zero-order valence-corrected chi connectivity index (χ0v) is 32.7. The highest BCUT2D eigenvalue weighted by Crippen LogP contribution is 2.41. The van der Waals surface area contributed by atoms with Gasteiger partial charge in [-0.15, -0.1) is 0 Å². The second kappa shape index (κ2) is 16.1. The van der Waals surface area contributed by atoms with Crippen LogP contribution in [0.1, 0.15) is 104 Å². The van der Waals surface area contributed by atoms with Crippen molar-refractivity contribution in [2.75, 3.05) is 37.8 Å². The van der Waals surface area contributed by atoms with Crippen LogP contribution in [0.15, 0.2) is 72.8 Å². The second-order valence-electron chi connectivity index (χ2n) is 15.4. The van der Waals surface area contributed by atoms with E-state index in [9.17, 15) is 33.6 Å². The number of hydrogen-bond donors (Lipinski definition) is 5. The van der Waals surface area contributed by atoms with Crippen molar-refractivity contribution in [1.29, 1.82) is 0 Å². The summed E-state index contributed by atoms with van der Waals surface area (Å²) in [5.41, 5.74) is 3.16. The van der Waals surface area contributed by atoms with Gasteiger partial charge in [0.05, 0.1) is 34.9 Å². The summed E-state index contributed by atoms with van der Waals surface area (Å²) < 4.78 is 0. The van der Waals surface area contributed by atoms with E-state index < -0.39 is 41.1 Å². The van der Waals surface area contributed by atoms with Gasteiger partial charge in [-0.25, -0.2) is 4.79 Å². The lowest BCUT2D eigenvalue weighted by Gasteiger charge is -2.34. The molecule has 4 aromatic rings. The molecule has 2 atom stereocenters. The van der Waals surface area contributed by atoms with Gasteiger partial charge in [-0.2, -0.15) is 5.10 Å². The number of hydrogen-bond acceptors (Lipinski definition) is 10. The molecule has 1 fully saturated rings. The van der Waals surface area contributed by atoms with Crippen molar-refractivity contribution in [3.8, 4) is 0 Å². The number of imide groups is 2. The molecular formula is C42H45N9O7. The lowest BCUT2D eigenvalue weighted by Crippen LogP contribution is -2.54. The van der Waals surface area contributed by atoms with Crippen LogP contribution in [0.25, 0.3) is 0 Å². The van der Waals surface area contributed by atoms with Crippen molar-refractivity contribution in [1.82, 2.24) is 35.5 Å². The molecule has 3 aliphatic rings. The largest absolute Gasteiger partial charge is 0.384 e. The van der Waals surface area contributed by atoms with Crippen molar-refractivity contribution in [3.05, 3.63) is 112 Å². The van der Waals surface area contributed by atoms with E-state index in [0.29, 0.717) is 47.7 Å². The van der Waals surface area contributed by atoms with Crippen molar-refractivity contribution in [2.45, 2.75) is 63.7 Å². The van der Waals surface area contributed by atoms with Crippen molar-refractivity contribution in [2.24, 2.45) is 0 Å². The van der Waals surface area contributed by atoms with Crippen LogP contribution in [-0.2, 0) is 21.7 Å². The van der Waals surface area contributed by atoms with E-state index in [4.69, 9.17) is 0 Å². The number of rotatable bonds is 13. The average Bonchev–Trinajstić information content (AvgIpc) is 3.81. The molecule has 1 saturated heterocycles. The minimum absolute atomic E-state index is 0.0280. The normalized spacial score (nSPS) is 17.5. The summed E-state index contributed by atoms with van der Waals surface area (Å²) in [7, 11) is 3.91. The number of amides is 7. The number of benzene rings is 3. The van der Waals surface area contributed by atoms with E-state index in [1.165, 1.54) is 6.07 Å². The number of anilines is 2. The lowest BCUT2D eigenvalue weighted by atomic mass is 10.0. The Bertz CT molecular complexity index is 2300. The molecule has 16 heteroatoms. The number of carbonyl (C=O) groups is 7. The highest BCUT2D eigenvalue weighted by molar-refractivity contribution is 6.25. The Kier molecular flexibility index (Phi) is 10.9. The number of aromatic amines is 1. The Morgan fingerprint density at radius 2 is 1.66 bits per heavy atom. The van der Waals surface area contributed by atoms with Crippen LogP contribution < -0.4 is 21.3 Å². The SMILES string of the molecule is CN(C)C[C@@H](NC(=O)N1Cc2c(NC(=O)c3ccc(C(=O)CCCNc4cccc5c4C(=O)N(C4CCC(=O)NC4=O)C5=O)cc3)n[nH]c2C1(C)C)c1ccccc1. The quantitative estimate of drug-likeness (QED) is 0.0742.